The number of ketones is 1. The molecule has 0 saturated heterocycles. The lowest BCUT2D eigenvalue weighted by Crippen LogP contribution is -2.40. The van der Waals surface area contributed by atoms with E-state index in [-0.39, 0.29) is 11.8 Å². The SMILES string of the molecule is CCCCCC[C@@H]1CC(=O)C=C(C)N1[C@H](C)c1ccc(OC)cc1. The van der Waals surface area contributed by atoms with E-state index in [0.717, 1.165) is 17.9 Å². The third kappa shape index (κ3) is 4.62. The number of carbonyl (C=O) groups excluding carboxylic acids is 1. The molecule has 0 aromatic heterocycles. The van der Waals surface area contributed by atoms with E-state index in [4.69, 9.17) is 4.74 Å². The van der Waals surface area contributed by atoms with E-state index in [0.29, 0.717) is 12.5 Å². The van der Waals surface area contributed by atoms with Gasteiger partial charge in [0.15, 0.2) is 5.78 Å². The third-order valence-corrected chi connectivity index (χ3v) is 5.01. The fourth-order valence-electron chi connectivity index (χ4n) is 3.70. The molecule has 1 aliphatic rings. The first-order valence-electron chi connectivity index (χ1n) is 9.20. The summed E-state index contributed by atoms with van der Waals surface area (Å²) in [6.07, 6.45) is 8.53. The summed E-state index contributed by atoms with van der Waals surface area (Å²) >= 11 is 0. The maximum atomic E-state index is 12.0. The standard InChI is InChI=1S/C21H31NO2/c1-5-6-7-8-9-19-15-20(23)14-16(2)22(19)17(3)18-10-12-21(24-4)13-11-18/h10-14,17,19H,5-9,15H2,1-4H3/t17-,19-/m1/s1. The topological polar surface area (TPSA) is 29.5 Å². The summed E-state index contributed by atoms with van der Waals surface area (Å²) in [5, 5.41) is 0. The van der Waals surface area contributed by atoms with Crippen LogP contribution in [-0.2, 0) is 4.79 Å². The number of benzene rings is 1. The Morgan fingerprint density at radius 2 is 1.92 bits per heavy atom. The van der Waals surface area contributed by atoms with Gasteiger partial charge in [-0.25, -0.2) is 0 Å². The molecule has 0 saturated carbocycles. The number of nitrogens with zero attached hydrogens (tertiary/aromatic N) is 1. The summed E-state index contributed by atoms with van der Waals surface area (Å²) in [6.45, 7) is 6.53. The molecule has 132 valence electrons. The summed E-state index contributed by atoms with van der Waals surface area (Å²) < 4.78 is 5.26. The maximum absolute atomic E-state index is 12.0. The minimum Gasteiger partial charge on any atom is -0.497 e. The van der Waals surface area contributed by atoms with Crippen LogP contribution in [0.1, 0.15) is 70.9 Å². The van der Waals surface area contributed by atoms with Gasteiger partial charge in [0.05, 0.1) is 13.2 Å². The summed E-state index contributed by atoms with van der Waals surface area (Å²) in [6, 6.07) is 8.85. The highest BCUT2D eigenvalue weighted by Crippen LogP contribution is 2.33. The predicted molar refractivity (Wildman–Crippen MR) is 99.2 cm³/mol. The number of hydrogen-bond acceptors (Lipinski definition) is 3. The lowest BCUT2D eigenvalue weighted by Gasteiger charge is -2.41. The summed E-state index contributed by atoms with van der Waals surface area (Å²) in [7, 11) is 1.69. The molecule has 1 aromatic rings. The van der Waals surface area contributed by atoms with E-state index in [1.165, 1.54) is 31.2 Å². The Kier molecular flexibility index (Phi) is 6.89. The molecule has 0 amide bonds. The van der Waals surface area contributed by atoms with Crippen molar-refractivity contribution >= 4 is 5.78 Å². The van der Waals surface area contributed by atoms with Crippen molar-refractivity contribution in [2.75, 3.05) is 7.11 Å². The average Bonchev–Trinajstić information content (AvgIpc) is 2.58. The molecule has 2 atom stereocenters. The Bertz CT molecular complexity index is 562. The molecule has 0 spiro atoms. The number of allylic oxidation sites excluding steroid dienone is 2. The molecule has 0 N–H and O–H groups in total. The molecule has 3 heteroatoms. The van der Waals surface area contributed by atoms with E-state index < -0.39 is 0 Å². The van der Waals surface area contributed by atoms with E-state index in [2.05, 4.69) is 37.8 Å². The van der Waals surface area contributed by atoms with Gasteiger partial charge in [0.2, 0.25) is 0 Å². The second-order valence-corrected chi connectivity index (χ2v) is 6.82. The summed E-state index contributed by atoms with van der Waals surface area (Å²) in [4.78, 5) is 14.5. The van der Waals surface area contributed by atoms with Crippen molar-refractivity contribution < 1.29 is 9.53 Å². The van der Waals surface area contributed by atoms with Gasteiger partial charge in [0.25, 0.3) is 0 Å². The molecule has 1 aliphatic heterocycles. The average molecular weight is 329 g/mol. The van der Waals surface area contributed by atoms with E-state index >= 15 is 0 Å². The van der Waals surface area contributed by atoms with Crippen LogP contribution >= 0.6 is 0 Å². The minimum absolute atomic E-state index is 0.261. The minimum atomic E-state index is 0.261. The normalized spacial score (nSPS) is 19.2. The van der Waals surface area contributed by atoms with Gasteiger partial charge in [0, 0.05) is 24.2 Å². The van der Waals surface area contributed by atoms with E-state index in [9.17, 15) is 4.79 Å². The Morgan fingerprint density at radius 3 is 2.54 bits per heavy atom. The van der Waals surface area contributed by atoms with Gasteiger partial charge >= 0.3 is 0 Å². The van der Waals surface area contributed by atoms with Gasteiger partial charge in [0.1, 0.15) is 5.75 Å². The monoisotopic (exact) mass is 329 g/mol. The highest BCUT2D eigenvalue weighted by Gasteiger charge is 2.29. The molecule has 24 heavy (non-hydrogen) atoms. The summed E-state index contributed by atoms with van der Waals surface area (Å²) in [5.41, 5.74) is 2.35. The Hall–Kier alpha value is -1.77. The number of methoxy groups -OCH3 is 1. The van der Waals surface area contributed by atoms with Crippen LogP contribution in [0.4, 0.5) is 0 Å². The smallest absolute Gasteiger partial charge is 0.159 e. The van der Waals surface area contributed by atoms with Crippen LogP contribution < -0.4 is 4.74 Å². The number of carbonyl (C=O) groups is 1. The lowest BCUT2D eigenvalue weighted by molar-refractivity contribution is -0.117. The zero-order chi connectivity index (χ0) is 17.5. The molecule has 0 bridgehead atoms. The lowest BCUT2D eigenvalue weighted by atomic mass is 9.93. The van der Waals surface area contributed by atoms with E-state index in [1.807, 2.05) is 18.2 Å². The molecule has 2 rings (SSSR count). The first kappa shape index (κ1) is 18.6. The molecular weight excluding hydrogens is 298 g/mol. The van der Waals surface area contributed by atoms with Crippen LogP contribution in [-0.4, -0.2) is 23.8 Å². The third-order valence-electron chi connectivity index (χ3n) is 5.01. The highest BCUT2D eigenvalue weighted by molar-refractivity contribution is 5.91. The molecule has 0 radical (unpaired) electrons. The molecule has 3 nitrogen and oxygen atoms in total. The van der Waals surface area contributed by atoms with Crippen LogP contribution in [0.25, 0.3) is 0 Å². The zero-order valence-corrected chi connectivity index (χ0v) is 15.5. The second-order valence-electron chi connectivity index (χ2n) is 6.82. The van der Waals surface area contributed by atoms with Gasteiger partial charge in [-0.1, -0.05) is 44.7 Å². The van der Waals surface area contributed by atoms with Crippen LogP contribution in [0, 0.1) is 0 Å². The van der Waals surface area contributed by atoms with Crippen LogP contribution in [0.5, 0.6) is 5.75 Å². The second kappa shape index (κ2) is 8.91. The number of unbranched alkanes of at least 4 members (excludes halogenated alkanes) is 3. The predicted octanol–water partition coefficient (Wildman–Crippen LogP) is 5.27. The van der Waals surface area contributed by atoms with Gasteiger partial charge in [-0.3, -0.25) is 4.79 Å². The maximum Gasteiger partial charge on any atom is 0.159 e. The van der Waals surface area contributed by atoms with Gasteiger partial charge in [-0.05, 0) is 38.0 Å². The van der Waals surface area contributed by atoms with Crippen LogP contribution in [0.15, 0.2) is 36.0 Å². The van der Waals surface area contributed by atoms with Crippen molar-refractivity contribution in [2.45, 2.75) is 71.4 Å². The number of rotatable bonds is 8. The zero-order valence-electron chi connectivity index (χ0n) is 15.5. The largest absolute Gasteiger partial charge is 0.497 e. The van der Waals surface area contributed by atoms with Crippen molar-refractivity contribution in [3.8, 4) is 5.75 Å². The van der Waals surface area contributed by atoms with Crippen molar-refractivity contribution in [3.05, 3.63) is 41.6 Å². The first-order valence-corrected chi connectivity index (χ1v) is 9.20. The molecule has 0 aliphatic carbocycles. The van der Waals surface area contributed by atoms with Gasteiger partial charge in [-0.15, -0.1) is 0 Å². The molecular formula is C21H31NO2. The highest BCUT2D eigenvalue weighted by atomic mass is 16.5. The van der Waals surface area contributed by atoms with Crippen molar-refractivity contribution in [1.82, 2.24) is 4.90 Å². The first-order chi connectivity index (χ1) is 11.6. The van der Waals surface area contributed by atoms with Crippen molar-refractivity contribution in [3.63, 3.8) is 0 Å². The van der Waals surface area contributed by atoms with Crippen molar-refractivity contribution in [2.24, 2.45) is 0 Å². The molecule has 1 aromatic carbocycles. The molecule has 1 heterocycles. The molecule has 0 fully saturated rings. The van der Waals surface area contributed by atoms with Crippen LogP contribution in [0.3, 0.4) is 0 Å². The van der Waals surface area contributed by atoms with Gasteiger partial charge < -0.3 is 9.64 Å². The number of hydrogen-bond donors (Lipinski definition) is 0. The fourth-order valence-corrected chi connectivity index (χ4v) is 3.70. The van der Waals surface area contributed by atoms with Crippen molar-refractivity contribution in [1.29, 1.82) is 0 Å². The van der Waals surface area contributed by atoms with E-state index in [1.54, 1.807) is 7.11 Å². The fraction of sp³-hybridized carbons (Fsp3) is 0.571. The molecule has 0 unspecified atom stereocenters. The summed E-state index contributed by atoms with van der Waals surface area (Å²) in [5.74, 6) is 1.15. The Labute approximate surface area is 146 Å². The quantitative estimate of drug-likeness (QED) is 0.608. The van der Waals surface area contributed by atoms with Gasteiger partial charge in [-0.2, -0.15) is 0 Å². The Morgan fingerprint density at radius 1 is 1.21 bits per heavy atom. The Balaban J connectivity index is 2.14. The number of ether oxygens (including phenoxy) is 1. The van der Waals surface area contributed by atoms with Crippen LogP contribution in [0.2, 0.25) is 0 Å².